The highest BCUT2D eigenvalue weighted by atomic mass is 28.4. The first-order chi connectivity index (χ1) is 18.3. The highest BCUT2D eigenvalue weighted by Crippen LogP contribution is 2.37. The molecule has 0 amide bonds. The summed E-state index contributed by atoms with van der Waals surface area (Å²) in [6, 6.07) is 11.3. The van der Waals surface area contributed by atoms with Crippen molar-refractivity contribution in [3.63, 3.8) is 0 Å². The molecule has 2 heterocycles. The summed E-state index contributed by atoms with van der Waals surface area (Å²) in [7, 11) is -0.288. The molecule has 1 aliphatic rings. The molecule has 1 saturated heterocycles. The number of nitrogens with one attached hydrogen (secondary N) is 1. The standard InChI is InChI=1S/C30H42N4O4Si/c1-20-17-23(27-24(18-20)28(36)33(6)29(32-27)34-13-15-37-16-14-34)21(2)31-25-12-10-9-11-22(25)26(35)19-38-39(7,8)30(3,4)5/h9-12,17-18,21,31H,13-16,19H2,1-8H3. The Balaban J connectivity index is 1.67. The number of aromatic nitrogens is 2. The number of carbonyl (C=O) groups excluding carboxylic acids is 1. The van der Waals surface area contributed by atoms with E-state index in [1.165, 1.54) is 0 Å². The van der Waals surface area contributed by atoms with Crippen molar-refractivity contribution in [2.75, 3.05) is 43.1 Å². The Morgan fingerprint density at radius 1 is 1.18 bits per heavy atom. The van der Waals surface area contributed by atoms with Crippen LogP contribution in [0.4, 0.5) is 11.6 Å². The summed E-state index contributed by atoms with van der Waals surface area (Å²) in [5.74, 6) is 0.595. The fourth-order valence-electron chi connectivity index (χ4n) is 4.62. The summed E-state index contributed by atoms with van der Waals surface area (Å²) in [4.78, 5) is 33.9. The molecule has 1 aromatic heterocycles. The molecule has 0 spiro atoms. The van der Waals surface area contributed by atoms with E-state index in [9.17, 15) is 9.59 Å². The lowest BCUT2D eigenvalue weighted by atomic mass is 10.00. The number of ketones is 1. The molecule has 2 aromatic carbocycles. The van der Waals surface area contributed by atoms with Crippen molar-refractivity contribution in [1.29, 1.82) is 0 Å². The predicted molar refractivity (Wildman–Crippen MR) is 161 cm³/mol. The first-order valence-electron chi connectivity index (χ1n) is 13.7. The smallest absolute Gasteiger partial charge is 0.262 e. The quantitative estimate of drug-likeness (QED) is 0.295. The number of nitrogens with zero attached hydrogens (tertiary/aromatic N) is 3. The van der Waals surface area contributed by atoms with Crippen molar-refractivity contribution in [3.8, 4) is 0 Å². The zero-order valence-corrected chi connectivity index (χ0v) is 25.6. The Morgan fingerprint density at radius 2 is 1.85 bits per heavy atom. The van der Waals surface area contributed by atoms with Gasteiger partial charge in [-0.1, -0.05) is 39.0 Å². The van der Waals surface area contributed by atoms with E-state index >= 15 is 0 Å². The summed E-state index contributed by atoms with van der Waals surface area (Å²) in [6.45, 7) is 17.5. The molecule has 1 fully saturated rings. The van der Waals surface area contributed by atoms with Crippen LogP contribution in [-0.2, 0) is 16.2 Å². The SMILES string of the molecule is Cc1cc(C(C)Nc2ccccc2C(=O)CO[Si](C)(C)C(C)(C)C)c2nc(N3CCOCC3)n(C)c(=O)c2c1. The maximum Gasteiger partial charge on any atom is 0.262 e. The normalized spacial score (nSPS) is 15.4. The Labute approximate surface area is 232 Å². The number of hydrogen-bond donors (Lipinski definition) is 1. The van der Waals surface area contributed by atoms with Crippen LogP contribution in [0.1, 0.15) is 55.2 Å². The number of carbonyl (C=O) groups is 1. The molecule has 0 radical (unpaired) electrons. The monoisotopic (exact) mass is 550 g/mol. The lowest BCUT2D eigenvalue weighted by Gasteiger charge is -2.35. The number of benzene rings is 2. The van der Waals surface area contributed by atoms with Gasteiger partial charge in [-0.3, -0.25) is 14.2 Å². The highest BCUT2D eigenvalue weighted by Gasteiger charge is 2.37. The molecule has 1 unspecified atom stereocenters. The zero-order valence-electron chi connectivity index (χ0n) is 24.6. The maximum atomic E-state index is 13.4. The lowest BCUT2D eigenvalue weighted by Crippen LogP contribution is -2.42. The number of para-hydroxylation sites is 1. The molecule has 1 atom stereocenters. The van der Waals surface area contributed by atoms with Gasteiger partial charge >= 0.3 is 0 Å². The average Bonchev–Trinajstić information content (AvgIpc) is 2.89. The topological polar surface area (TPSA) is 85.7 Å². The summed E-state index contributed by atoms with van der Waals surface area (Å²) in [5, 5.41) is 4.15. The summed E-state index contributed by atoms with van der Waals surface area (Å²) >= 11 is 0. The number of Topliss-reactive ketones (excluding diaryl/α,β-unsaturated/α-hetero) is 1. The summed E-state index contributed by atoms with van der Waals surface area (Å²) in [5.41, 5.74) is 3.83. The number of hydrogen-bond acceptors (Lipinski definition) is 7. The summed E-state index contributed by atoms with van der Waals surface area (Å²) in [6.07, 6.45) is 0. The van der Waals surface area contributed by atoms with Crippen LogP contribution < -0.4 is 15.8 Å². The highest BCUT2D eigenvalue weighted by molar-refractivity contribution is 6.74. The molecule has 4 rings (SSSR count). The van der Waals surface area contributed by atoms with Crippen molar-refractivity contribution in [2.24, 2.45) is 7.05 Å². The van der Waals surface area contributed by atoms with Gasteiger partial charge in [0, 0.05) is 37.0 Å². The van der Waals surface area contributed by atoms with Gasteiger partial charge in [0.2, 0.25) is 5.95 Å². The van der Waals surface area contributed by atoms with Gasteiger partial charge < -0.3 is 19.4 Å². The van der Waals surface area contributed by atoms with E-state index in [4.69, 9.17) is 14.1 Å². The van der Waals surface area contributed by atoms with E-state index in [0.717, 1.165) is 16.8 Å². The van der Waals surface area contributed by atoms with E-state index in [2.05, 4.69) is 50.1 Å². The van der Waals surface area contributed by atoms with Crippen molar-refractivity contribution in [2.45, 2.75) is 58.8 Å². The third kappa shape index (κ3) is 6.10. The molecule has 8 nitrogen and oxygen atoms in total. The number of aryl methyl sites for hydroxylation is 1. The van der Waals surface area contributed by atoms with Gasteiger partial charge in [-0.15, -0.1) is 0 Å². The predicted octanol–water partition coefficient (Wildman–Crippen LogP) is 5.46. The van der Waals surface area contributed by atoms with Crippen molar-refractivity contribution in [1.82, 2.24) is 9.55 Å². The molecule has 210 valence electrons. The van der Waals surface area contributed by atoms with Crippen molar-refractivity contribution < 1.29 is 14.0 Å². The Morgan fingerprint density at radius 3 is 2.51 bits per heavy atom. The molecule has 3 aromatic rings. The van der Waals surface area contributed by atoms with Crippen LogP contribution in [0.5, 0.6) is 0 Å². The van der Waals surface area contributed by atoms with Crippen LogP contribution in [0.2, 0.25) is 18.1 Å². The van der Waals surface area contributed by atoms with Gasteiger partial charge in [0.1, 0.15) is 0 Å². The zero-order chi connectivity index (χ0) is 28.5. The molecule has 39 heavy (non-hydrogen) atoms. The maximum absolute atomic E-state index is 13.4. The first kappa shape index (κ1) is 29.0. The Kier molecular flexibility index (Phi) is 8.35. The minimum atomic E-state index is -2.06. The largest absolute Gasteiger partial charge is 0.409 e. The van der Waals surface area contributed by atoms with E-state index in [1.54, 1.807) is 11.6 Å². The lowest BCUT2D eigenvalue weighted by molar-refractivity contribution is 0.0912. The molecule has 9 heteroatoms. The van der Waals surface area contributed by atoms with Gasteiger partial charge in [-0.2, -0.15) is 0 Å². The number of fused-ring (bicyclic) bond motifs is 1. The van der Waals surface area contributed by atoms with Crippen LogP contribution in [-0.4, -0.2) is 56.6 Å². The fourth-order valence-corrected chi connectivity index (χ4v) is 5.55. The number of rotatable bonds is 8. The van der Waals surface area contributed by atoms with Crippen LogP contribution in [0.15, 0.2) is 41.2 Å². The minimum Gasteiger partial charge on any atom is -0.409 e. The van der Waals surface area contributed by atoms with E-state index in [0.29, 0.717) is 48.7 Å². The second kappa shape index (κ2) is 11.2. The molecule has 1 N–H and O–H groups in total. The Bertz CT molecular complexity index is 1420. The third-order valence-corrected chi connectivity index (χ3v) is 12.5. The molecule has 0 bridgehead atoms. The molecule has 0 aliphatic carbocycles. The van der Waals surface area contributed by atoms with Gasteiger partial charge in [-0.25, -0.2) is 4.98 Å². The van der Waals surface area contributed by atoms with Crippen LogP contribution >= 0.6 is 0 Å². The summed E-state index contributed by atoms with van der Waals surface area (Å²) < 4.78 is 13.4. The number of ether oxygens (including phenoxy) is 1. The van der Waals surface area contributed by atoms with Gasteiger partial charge in [0.15, 0.2) is 14.1 Å². The van der Waals surface area contributed by atoms with Gasteiger partial charge in [0.25, 0.3) is 5.56 Å². The second-order valence-corrected chi connectivity index (χ2v) is 16.8. The molecular formula is C30H42N4O4Si. The third-order valence-electron chi connectivity index (χ3n) is 8.06. The van der Waals surface area contributed by atoms with E-state index in [-0.39, 0.29) is 29.0 Å². The fraction of sp³-hybridized carbons (Fsp3) is 0.500. The van der Waals surface area contributed by atoms with Crippen LogP contribution in [0.3, 0.4) is 0 Å². The Hall–Kier alpha value is -3.01. The second-order valence-electron chi connectivity index (χ2n) is 12.0. The van der Waals surface area contributed by atoms with Gasteiger partial charge in [0.05, 0.1) is 36.8 Å². The first-order valence-corrected chi connectivity index (χ1v) is 16.6. The molecule has 1 aliphatic heterocycles. The van der Waals surface area contributed by atoms with Crippen LogP contribution in [0.25, 0.3) is 10.9 Å². The van der Waals surface area contributed by atoms with Crippen LogP contribution in [0, 0.1) is 6.92 Å². The average molecular weight is 551 g/mol. The van der Waals surface area contributed by atoms with E-state index < -0.39 is 8.32 Å². The molecular weight excluding hydrogens is 508 g/mol. The van der Waals surface area contributed by atoms with Crippen molar-refractivity contribution >= 4 is 36.6 Å². The van der Waals surface area contributed by atoms with E-state index in [1.807, 2.05) is 44.2 Å². The number of morpholine rings is 1. The van der Waals surface area contributed by atoms with Gasteiger partial charge in [-0.05, 0) is 55.7 Å². The molecule has 0 saturated carbocycles. The minimum absolute atomic E-state index is 0.0237. The van der Waals surface area contributed by atoms with Crippen molar-refractivity contribution in [3.05, 3.63) is 63.4 Å². The number of anilines is 2.